The van der Waals surface area contributed by atoms with E-state index in [0.717, 1.165) is 6.42 Å². The summed E-state index contributed by atoms with van der Waals surface area (Å²) in [5, 5.41) is 0. The van der Waals surface area contributed by atoms with Crippen LogP contribution in [0.2, 0.25) is 0 Å². The molecular formula is C14H18O2. The van der Waals surface area contributed by atoms with Gasteiger partial charge in [0.2, 0.25) is 0 Å². The fourth-order valence-corrected chi connectivity index (χ4v) is 1.44. The molecule has 0 radical (unpaired) electrons. The summed E-state index contributed by atoms with van der Waals surface area (Å²) in [4.78, 5) is 11.2. The lowest BCUT2D eigenvalue weighted by molar-refractivity contribution is -0.143. The molecule has 0 saturated carbocycles. The molecular weight excluding hydrogens is 200 g/mol. The average Bonchev–Trinajstić information content (AvgIpc) is 2.28. The standard InChI is InChI=1S/C14H18O2/c1-3-16-14(15)10-9-12(2)11-13-7-5-4-6-8-13/h4-8,11H,3,9-10H2,1-2H3. The molecule has 0 heterocycles. The van der Waals surface area contributed by atoms with E-state index in [-0.39, 0.29) is 5.97 Å². The van der Waals surface area contributed by atoms with Crippen molar-refractivity contribution in [2.24, 2.45) is 0 Å². The van der Waals surface area contributed by atoms with Crippen LogP contribution in [0.1, 0.15) is 32.3 Å². The van der Waals surface area contributed by atoms with Crippen LogP contribution in [0.4, 0.5) is 0 Å². The summed E-state index contributed by atoms with van der Waals surface area (Å²) < 4.78 is 4.88. The van der Waals surface area contributed by atoms with E-state index in [1.165, 1.54) is 11.1 Å². The van der Waals surface area contributed by atoms with Crippen LogP contribution in [0.5, 0.6) is 0 Å². The zero-order chi connectivity index (χ0) is 11.8. The molecule has 1 aromatic carbocycles. The monoisotopic (exact) mass is 218 g/mol. The zero-order valence-corrected chi connectivity index (χ0v) is 9.90. The topological polar surface area (TPSA) is 26.3 Å². The third-order valence-corrected chi connectivity index (χ3v) is 2.24. The van der Waals surface area contributed by atoms with E-state index in [9.17, 15) is 4.79 Å². The largest absolute Gasteiger partial charge is 0.466 e. The second-order valence-corrected chi connectivity index (χ2v) is 3.71. The van der Waals surface area contributed by atoms with E-state index in [1.807, 2.05) is 44.2 Å². The highest BCUT2D eigenvalue weighted by Crippen LogP contribution is 2.11. The first-order valence-electron chi connectivity index (χ1n) is 5.60. The molecule has 0 aliphatic heterocycles. The van der Waals surface area contributed by atoms with Crippen molar-refractivity contribution in [1.82, 2.24) is 0 Å². The molecule has 2 nitrogen and oxygen atoms in total. The lowest BCUT2D eigenvalue weighted by Crippen LogP contribution is -2.03. The van der Waals surface area contributed by atoms with Crippen molar-refractivity contribution >= 4 is 12.0 Å². The van der Waals surface area contributed by atoms with Crippen molar-refractivity contribution < 1.29 is 9.53 Å². The van der Waals surface area contributed by atoms with Crippen molar-refractivity contribution in [2.75, 3.05) is 6.61 Å². The zero-order valence-electron chi connectivity index (χ0n) is 9.90. The predicted octanol–water partition coefficient (Wildman–Crippen LogP) is 3.43. The van der Waals surface area contributed by atoms with Gasteiger partial charge < -0.3 is 4.74 Å². The molecule has 0 saturated heterocycles. The molecule has 0 bridgehead atoms. The van der Waals surface area contributed by atoms with Gasteiger partial charge in [-0.1, -0.05) is 42.0 Å². The molecule has 0 atom stereocenters. The van der Waals surface area contributed by atoms with Crippen LogP contribution < -0.4 is 0 Å². The maximum atomic E-state index is 11.2. The van der Waals surface area contributed by atoms with E-state index < -0.39 is 0 Å². The van der Waals surface area contributed by atoms with Gasteiger partial charge in [0.15, 0.2) is 0 Å². The summed E-state index contributed by atoms with van der Waals surface area (Å²) in [6.45, 7) is 4.32. The number of allylic oxidation sites excluding steroid dienone is 1. The Morgan fingerprint density at radius 1 is 1.25 bits per heavy atom. The summed E-state index contributed by atoms with van der Waals surface area (Å²) >= 11 is 0. The predicted molar refractivity (Wildman–Crippen MR) is 66.0 cm³/mol. The molecule has 1 aromatic rings. The number of benzene rings is 1. The number of rotatable bonds is 5. The number of ether oxygens (including phenoxy) is 1. The Labute approximate surface area is 96.9 Å². The smallest absolute Gasteiger partial charge is 0.306 e. The Bertz CT molecular complexity index is 352. The molecule has 0 N–H and O–H groups in total. The SMILES string of the molecule is CCOC(=O)CCC(C)=Cc1ccccc1. The first-order chi connectivity index (χ1) is 7.72. The van der Waals surface area contributed by atoms with E-state index in [0.29, 0.717) is 13.0 Å². The highest BCUT2D eigenvalue weighted by molar-refractivity contribution is 5.70. The average molecular weight is 218 g/mol. The van der Waals surface area contributed by atoms with Gasteiger partial charge in [-0.25, -0.2) is 0 Å². The van der Waals surface area contributed by atoms with Gasteiger partial charge in [0.05, 0.1) is 6.61 Å². The second-order valence-electron chi connectivity index (χ2n) is 3.71. The molecule has 0 aromatic heterocycles. The van der Waals surface area contributed by atoms with Gasteiger partial charge in [-0.05, 0) is 25.8 Å². The van der Waals surface area contributed by atoms with Crippen LogP contribution >= 0.6 is 0 Å². The first-order valence-corrected chi connectivity index (χ1v) is 5.60. The van der Waals surface area contributed by atoms with Gasteiger partial charge in [0, 0.05) is 6.42 Å². The van der Waals surface area contributed by atoms with Crippen molar-refractivity contribution in [3.8, 4) is 0 Å². The highest BCUT2D eigenvalue weighted by atomic mass is 16.5. The van der Waals surface area contributed by atoms with E-state index >= 15 is 0 Å². The molecule has 0 aliphatic rings. The third-order valence-electron chi connectivity index (χ3n) is 2.24. The lowest BCUT2D eigenvalue weighted by Gasteiger charge is -2.02. The molecule has 0 unspecified atom stereocenters. The molecule has 0 amide bonds. The Balaban J connectivity index is 2.43. The van der Waals surface area contributed by atoms with Crippen LogP contribution in [0.15, 0.2) is 35.9 Å². The van der Waals surface area contributed by atoms with Crippen LogP contribution in [-0.4, -0.2) is 12.6 Å². The molecule has 2 heteroatoms. The summed E-state index contributed by atoms with van der Waals surface area (Å²) in [6, 6.07) is 10.1. The van der Waals surface area contributed by atoms with E-state index in [2.05, 4.69) is 6.08 Å². The second kappa shape index (κ2) is 6.83. The normalized spacial score (nSPS) is 11.2. The van der Waals surface area contributed by atoms with Crippen LogP contribution in [-0.2, 0) is 9.53 Å². The molecule has 16 heavy (non-hydrogen) atoms. The van der Waals surface area contributed by atoms with Crippen molar-refractivity contribution in [2.45, 2.75) is 26.7 Å². The first kappa shape index (κ1) is 12.5. The quantitative estimate of drug-likeness (QED) is 0.708. The highest BCUT2D eigenvalue weighted by Gasteiger charge is 2.01. The van der Waals surface area contributed by atoms with Gasteiger partial charge in [-0.2, -0.15) is 0 Å². The van der Waals surface area contributed by atoms with Crippen molar-refractivity contribution in [3.05, 3.63) is 41.5 Å². The van der Waals surface area contributed by atoms with Gasteiger partial charge in [0.25, 0.3) is 0 Å². The molecule has 0 fully saturated rings. The maximum Gasteiger partial charge on any atom is 0.306 e. The fraction of sp³-hybridized carbons (Fsp3) is 0.357. The number of carbonyl (C=O) groups excluding carboxylic acids is 1. The summed E-state index contributed by atoms with van der Waals surface area (Å²) in [5.41, 5.74) is 2.36. The van der Waals surface area contributed by atoms with Crippen molar-refractivity contribution in [3.63, 3.8) is 0 Å². The molecule has 1 rings (SSSR count). The van der Waals surface area contributed by atoms with E-state index in [4.69, 9.17) is 4.74 Å². The molecule has 0 aliphatic carbocycles. The fourth-order valence-electron chi connectivity index (χ4n) is 1.44. The van der Waals surface area contributed by atoms with Gasteiger partial charge in [0.1, 0.15) is 0 Å². The van der Waals surface area contributed by atoms with Crippen LogP contribution in [0.25, 0.3) is 6.08 Å². The summed E-state index contributed by atoms with van der Waals surface area (Å²) in [6.07, 6.45) is 3.32. The van der Waals surface area contributed by atoms with Gasteiger partial charge >= 0.3 is 5.97 Å². The summed E-state index contributed by atoms with van der Waals surface area (Å²) in [5.74, 6) is -0.122. The minimum atomic E-state index is -0.122. The van der Waals surface area contributed by atoms with Gasteiger partial charge in [-0.3, -0.25) is 4.79 Å². The number of hydrogen-bond donors (Lipinski definition) is 0. The minimum absolute atomic E-state index is 0.122. The van der Waals surface area contributed by atoms with Gasteiger partial charge in [-0.15, -0.1) is 0 Å². The molecule has 86 valence electrons. The van der Waals surface area contributed by atoms with E-state index in [1.54, 1.807) is 0 Å². The Morgan fingerprint density at radius 2 is 1.94 bits per heavy atom. The Hall–Kier alpha value is -1.57. The number of carbonyl (C=O) groups is 1. The summed E-state index contributed by atoms with van der Waals surface area (Å²) in [7, 11) is 0. The molecule has 0 spiro atoms. The minimum Gasteiger partial charge on any atom is -0.466 e. The van der Waals surface area contributed by atoms with Crippen LogP contribution in [0.3, 0.4) is 0 Å². The number of esters is 1. The third kappa shape index (κ3) is 4.78. The van der Waals surface area contributed by atoms with Crippen LogP contribution in [0, 0.1) is 0 Å². The Kier molecular flexibility index (Phi) is 5.34. The number of hydrogen-bond acceptors (Lipinski definition) is 2. The maximum absolute atomic E-state index is 11.2. The van der Waals surface area contributed by atoms with Crippen molar-refractivity contribution in [1.29, 1.82) is 0 Å². The Morgan fingerprint density at radius 3 is 2.56 bits per heavy atom. The lowest BCUT2D eigenvalue weighted by atomic mass is 10.1.